The Kier molecular flexibility index (Phi) is 4.87. The fraction of sp³-hybridized carbons (Fsp3) is 0.500. The largest absolute Gasteiger partial charge is 0.366 e. The maximum atomic E-state index is 11.7. The summed E-state index contributed by atoms with van der Waals surface area (Å²) >= 11 is 0. The molecule has 0 unspecified atom stereocenters. The number of aryl methyl sites for hydroxylation is 1. The number of ether oxygens (including phenoxy) is 1. The number of hydrogen-bond acceptors (Lipinski definition) is 3. The lowest BCUT2D eigenvalue weighted by atomic mass is 10.1. The van der Waals surface area contributed by atoms with Crippen LogP contribution >= 0.6 is 0 Å². The number of hydrogen-bond donors (Lipinski definition) is 2. The normalized spacial score (nSPS) is 11.4. The Balaban J connectivity index is 2.64. The van der Waals surface area contributed by atoms with Crippen molar-refractivity contribution in [1.29, 1.82) is 0 Å². The predicted octanol–water partition coefficient (Wildman–Crippen LogP) is 2.21. The van der Waals surface area contributed by atoms with Crippen molar-refractivity contribution in [2.45, 2.75) is 39.8 Å². The van der Waals surface area contributed by atoms with Crippen molar-refractivity contribution < 1.29 is 9.53 Å². The van der Waals surface area contributed by atoms with Gasteiger partial charge in [-0.05, 0) is 44.9 Å². The van der Waals surface area contributed by atoms with Crippen LogP contribution in [-0.2, 0) is 16.1 Å². The van der Waals surface area contributed by atoms with Crippen molar-refractivity contribution in [2.24, 2.45) is 5.73 Å². The van der Waals surface area contributed by atoms with E-state index in [2.05, 4.69) is 5.32 Å². The molecule has 0 bridgehead atoms. The van der Waals surface area contributed by atoms with Crippen LogP contribution in [0.1, 0.15) is 31.9 Å². The Bertz CT molecular complexity index is 422. The number of carbonyl (C=O) groups is 1. The molecule has 0 fully saturated rings. The third-order valence-corrected chi connectivity index (χ3v) is 2.45. The van der Waals surface area contributed by atoms with E-state index in [4.69, 9.17) is 10.5 Å². The summed E-state index contributed by atoms with van der Waals surface area (Å²) in [4.78, 5) is 11.7. The first kappa shape index (κ1) is 14.7. The van der Waals surface area contributed by atoms with Crippen molar-refractivity contribution in [1.82, 2.24) is 0 Å². The summed E-state index contributed by atoms with van der Waals surface area (Å²) in [5, 5.41) is 2.84. The Morgan fingerprint density at radius 3 is 2.61 bits per heavy atom. The SMILES string of the molecule is Cc1ccc(CN)cc1NC(=O)COC(C)(C)C. The van der Waals surface area contributed by atoms with E-state index >= 15 is 0 Å². The van der Waals surface area contributed by atoms with Crippen molar-refractivity contribution >= 4 is 11.6 Å². The lowest BCUT2D eigenvalue weighted by molar-refractivity contribution is -0.125. The highest BCUT2D eigenvalue weighted by Gasteiger charge is 2.13. The maximum Gasteiger partial charge on any atom is 0.250 e. The van der Waals surface area contributed by atoms with Gasteiger partial charge in [0.15, 0.2) is 0 Å². The summed E-state index contributed by atoms with van der Waals surface area (Å²) in [5.41, 5.74) is 8.06. The molecule has 1 aromatic carbocycles. The van der Waals surface area contributed by atoms with Gasteiger partial charge in [-0.2, -0.15) is 0 Å². The van der Waals surface area contributed by atoms with Crippen molar-refractivity contribution in [3.8, 4) is 0 Å². The van der Waals surface area contributed by atoms with E-state index in [1.807, 2.05) is 45.9 Å². The Labute approximate surface area is 109 Å². The summed E-state index contributed by atoms with van der Waals surface area (Å²) < 4.78 is 5.42. The molecule has 4 nitrogen and oxygen atoms in total. The van der Waals surface area contributed by atoms with Crippen LogP contribution in [0.3, 0.4) is 0 Å². The van der Waals surface area contributed by atoms with Gasteiger partial charge in [0.2, 0.25) is 5.91 Å². The van der Waals surface area contributed by atoms with Crippen LogP contribution in [0.2, 0.25) is 0 Å². The highest BCUT2D eigenvalue weighted by atomic mass is 16.5. The standard InChI is InChI=1S/C14H22N2O2/c1-10-5-6-11(8-15)7-12(10)16-13(17)9-18-14(2,3)4/h5-7H,8-9,15H2,1-4H3,(H,16,17). The fourth-order valence-corrected chi connectivity index (χ4v) is 1.40. The smallest absolute Gasteiger partial charge is 0.250 e. The second kappa shape index (κ2) is 5.98. The van der Waals surface area contributed by atoms with Crippen LogP contribution in [0.4, 0.5) is 5.69 Å². The lowest BCUT2D eigenvalue weighted by Gasteiger charge is -2.19. The molecule has 0 radical (unpaired) electrons. The number of nitrogens with one attached hydrogen (secondary N) is 1. The Morgan fingerprint density at radius 1 is 1.39 bits per heavy atom. The predicted molar refractivity (Wildman–Crippen MR) is 73.4 cm³/mol. The maximum absolute atomic E-state index is 11.7. The van der Waals surface area contributed by atoms with Gasteiger partial charge in [0.1, 0.15) is 6.61 Å². The molecule has 100 valence electrons. The van der Waals surface area contributed by atoms with Crippen LogP contribution in [0, 0.1) is 6.92 Å². The molecule has 0 saturated carbocycles. The van der Waals surface area contributed by atoms with Crippen molar-refractivity contribution in [3.63, 3.8) is 0 Å². The van der Waals surface area contributed by atoms with Crippen molar-refractivity contribution in [2.75, 3.05) is 11.9 Å². The van der Waals surface area contributed by atoms with E-state index < -0.39 is 0 Å². The third-order valence-electron chi connectivity index (χ3n) is 2.45. The minimum Gasteiger partial charge on any atom is -0.366 e. The summed E-state index contributed by atoms with van der Waals surface area (Å²) in [5.74, 6) is -0.151. The molecule has 0 aliphatic rings. The molecule has 0 aliphatic carbocycles. The van der Waals surface area contributed by atoms with Gasteiger partial charge < -0.3 is 15.8 Å². The van der Waals surface area contributed by atoms with Gasteiger partial charge in [-0.1, -0.05) is 12.1 Å². The van der Waals surface area contributed by atoms with Gasteiger partial charge in [-0.3, -0.25) is 4.79 Å². The zero-order valence-corrected chi connectivity index (χ0v) is 11.5. The lowest BCUT2D eigenvalue weighted by Crippen LogP contribution is -2.27. The average molecular weight is 250 g/mol. The second-order valence-electron chi connectivity index (χ2n) is 5.30. The molecule has 4 heteroatoms. The molecule has 0 atom stereocenters. The Hall–Kier alpha value is -1.39. The quantitative estimate of drug-likeness (QED) is 0.861. The molecule has 1 rings (SSSR count). The minimum atomic E-state index is -0.314. The first-order chi connectivity index (χ1) is 8.31. The number of nitrogens with two attached hydrogens (primary N) is 1. The zero-order chi connectivity index (χ0) is 13.8. The fourth-order valence-electron chi connectivity index (χ4n) is 1.40. The van der Waals surface area contributed by atoms with Crippen LogP contribution in [0.25, 0.3) is 0 Å². The van der Waals surface area contributed by atoms with Gasteiger partial charge in [-0.25, -0.2) is 0 Å². The molecular formula is C14H22N2O2. The highest BCUT2D eigenvalue weighted by molar-refractivity contribution is 5.92. The molecule has 0 spiro atoms. The molecule has 0 saturated heterocycles. The van der Waals surface area contributed by atoms with E-state index in [0.717, 1.165) is 16.8 Å². The van der Waals surface area contributed by atoms with E-state index in [1.165, 1.54) is 0 Å². The van der Waals surface area contributed by atoms with Gasteiger partial charge in [-0.15, -0.1) is 0 Å². The highest BCUT2D eigenvalue weighted by Crippen LogP contribution is 2.17. The molecular weight excluding hydrogens is 228 g/mol. The van der Waals surface area contributed by atoms with E-state index in [0.29, 0.717) is 6.54 Å². The molecule has 0 aromatic heterocycles. The molecule has 0 aliphatic heterocycles. The third kappa shape index (κ3) is 4.85. The first-order valence-corrected chi connectivity index (χ1v) is 6.05. The minimum absolute atomic E-state index is 0.0514. The number of rotatable bonds is 4. The van der Waals surface area contributed by atoms with Gasteiger partial charge in [0, 0.05) is 12.2 Å². The Morgan fingerprint density at radius 2 is 2.06 bits per heavy atom. The monoisotopic (exact) mass is 250 g/mol. The van der Waals surface area contributed by atoms with Gasteiger partial charge in [0.25, 0.3) is 0 Å². The summed E-state index contributed by atoms with van der Waals surface area (Å²) in [6.45, 7) is 8.21. The van der Waals surface area contributed by atoms with E-state index in [-0.39, 0.29) is 18.1 Å². The zero-order valence-electron chi connectivity index (χ0n) is 11.5. The number of benzene rings is 1. The first-order valence-electron chi connectivity index (χ1n) is 6.05. The summed E-state index contributed by atoms with van der Waals surface area (Å²) in [6, 6.07) is 5.80. The number of carbonyl (C=O) groups excluding carboxylic acids is 1. The van der Waals surface area contributed by atoms with Crippen LogP contribution in [0.15, 0.2) is 18.2 Å². The molecule has 1 amide bonds. The topological polar surface area (TPSA) is 64.3 Å². The second-order valence-corrected chi connectivity index (χ2v) is 5.30. The average Bonchev–Trinajstić information content (AvgIpc) is 2.28. The van der Waals surface area contributed by atoms with E-state index in [9.17, 15) is 4.79 Å². The van der Waals surface area contributed by atoms with E-state index in [1.54, 1.807) is 0 Å². The van der Waals surface area contributed by atoms with Crippen LogP contribution < -0.4 is 11.1 Å². The van der Waals surface area contributed by atoms with Crippen molar-refractivity contribution in [3.05, 3.63) is 29.3 Å². The molecule has 1 aromatic rings. The molecule has 3 N–H and O–H groups in total. The summed E-state index contributed by atoms with van der Waals surface area (Å²) in [6.07, 6.45) is 0. The number of amides is 1. The summed E-state index contributed by atoms with van der Waals surface area (Å²) in [7, 11) is 0. The molecule has 18 heavy (non-hydrogen) atoms. The van der Waals surface area contributed by atoms with Crippen LogP contribution in [-0.4, -0.2) is 18.1 Å². The van der Waals surface area contributed by atoms with Crippen LogP contribution in [0.5, 0.6) is 0 Å². The molecule has 0 heterocycles. The van der Waals surface area contributed by atoms with Gasteiger partial charge >= 0.3 is 0 Å². The van der Waals surface area contributed by atoms with Gasteiger partial charge in [0.05, 0.1) is 5.60 Å². The number of anilines is 1.